The maximum absolute atomic E-state index is 5.25. The predicted molar refractivity (Wildman–Crippen MR) is 58.1 cm³/mol. The molecule has 0 fully saturated rings. The van der Waals surface area contributed by atoms with Gasteiger partial charge in [0.25, 0.3) is 0 Å². The van der Waals surface area contributed by atoms with Crippen LogP contribution in [0.15, 0.2) is 30.3 Å². The Balaban J connectivity index is 2.17. The Morgan fingerprint density at radius 3 is 2.62 bits per heavy atom. The van der Waals surface area contributed by atoms with Crippen molar-refractivity contribution in [3.8, 4) is 0 Å². The first-order chi connectivity index (χ1) is 6.29. The zero-order valence-corrected chi connectivity index (χ0v) is 8.10. The van der Waals surface area contributed by atoms with Crippen molar-refractivity contribution in [1.29, 1.82) is 0 Å². The lowest BCUT2D eigenvalue weighted by Crippen LogP contribution is -2.36. The van der Waals surface area contributed by atoms with Crippen molar-refractivity contribution in [2.75, 3.05) is 6.67 Å². The maximum Gasteiger partial charge on any atom is 0.164 e. The number of hydrogen-bond acceptors (Lipinski definition) is 2. The van der Waals surface area contributed by atoms with Crippen molar-refractivity contribution in [3.63, 3.8) is 0 Å². The second-order valence-corrected chi connectivity index (χ2v) is 3.07. The molecule has 4 heteroatoms. The van der Waals surface area contributed by atoms with E-state index < -0.39 is 0 Å². The highest BCUT2D eigenvalue weighted by atomic mass is 32.1. The molecule has 1 rings (SSSR count). The molecule has 0 aliphatic carbocycles. The van der Waals surface area contributed by atoms with Gasteiger partial charge in [-0.3, -0.25) is 5.32 Å². The summed E-state index contributed by atoms with van der Waals surface area (Å²) in [7, 11) is 0. The van der Waals surface area contributed by atoms with Crippen LogP contribution < -0.4 is 16.4 Å². The lowest BCUT2D eigenvalue weighted by Gasteiger charge is -2.05. The molecule has 1 aromatic rings. The second kappa shape index (κ2) is 5.50. The topological polar surface area (TPSA) is 50.1 Å². The van der Waals surface area contributed by atoms with Gasteiger partial charge in [-0.15, -0.1) is 0 Å². The van der Waals surface area contributed by atoms with Gasteiger partial charge in [0.05, 0.1) is 6.67 Å². The molecule has 0 heterocycles. The molecule has 0 amide bonds. The van der Waals surface area contributed by atoms with Crippen LogP contribution in [0.3, 0.4) is 0 Å². The lowest BCUT2D eigenvalue weighted by molar-refractivity contribution is 0.667. The smallest absolute Gasteiger partial charge is 0.164 e. The first-order valence-corrected chi connectivity index (χ1v) is 4.48. The molecule has 0 spiro atoms. The third-order valence-electron chi connectivity index (χ3n) is 1.56. The molecule has 0 saturated heterocycles. The lowest BCUT2D eigenvalue weighted by atomic mass is 10.2. The van der Waals surface area contributed by atoms with Crippen molar-refractivity contribution in [2.45, 2.75) is 6.54 Å². The van der Waals surface area contributed by atoms with E-state index in [1.165, 1.54) is 5.56 Å². The van der Waals surface area contributed by atoms with Gasteiger partial charge in [0.2, 0.25) is 0 Å². The summed E-state index contributed by atoms with van der Waals surface area (Å²) in [4.78, 5) is 0. The molecular weight excluding hydrogens is 182 g/mol. The van der Waals surface area contributed by atoms with Crippen LogP contribution in [0.25, 0.3) is 0 Å². The van der Waals surface area contributed by atoms with Gasteiger partial charge >= 0.3 is 0 Å². The Hall–Kier alpha value is -1.13. The summed E-state index contributed by atoms with van der Waals surface area (Å²) in [5, 5.41) is 6.29. The average Bonchev–Trinajstić information content (AvgIpc) is 2.14. The van der Waals surface area contributed by atoms with E-state index in [4.69, 9.17) is 5.73 Å². The van der Waals surface area contributed by atoms with Crippen LogP contribution in [-0.2, 0) is 6.54 Å². The highest BCUT2D eigenvalue weighted by Gasteiger charge is 1.89. The molecule has 3 nitrogen and oxygen atoms in total. The zero-order valence-electron chi connectivity index (χ0n) is 7.29. The van der Waals surface area contributed by atoms with Crippen molar-refractivity contribution < 1.29 is 0 Å². The summed E-state index contributed by atoms with van der Waals surface area (Å²) >= 11 is 4.65. The molecule has 0 bridgehead atoms. The monoisotopic (exact) mass is 195 g/mol. The number of benzene rings is 1. The summed E-state index contributed by atoms with van der Waals surface area (Å²) < 4.78 is 0. The Bertz CT molecular complexity index is 261. The van der Waals surface area contributed by atoms with E-state index in [1.54, 1.807) is 0 Å². The third-order valence-corrected chi connectivity index (χ3v) is 1.70. The molecule has 0 aliphatic rings. The molecule has 0 aromatic heterocycles. The summed E-state index contributed by atoms with van der Waals surface area (Å²) in [6, 6.07) is 10.1. The molecule has 0 unspecified atom stereocenters. The van der Waals surface area contributed by atoms with Crippen LogP contribution in [0.2, 0.25) is 0 Å². The Kier molecular flexibility index (Phi) is 4.21. The normalized spacial score (nSPS) is 9.54. The minimum Gasteiger partial charge on any atom is -0.376 e. The SMILES string of the molecule is NC(=S)NCNCc1ccccc1. The molecule has 4 N–H and O–H groups in total. The van der Waals surface area contributed by atoms with Crippen molar-refractivity contribution in [3.05, 3.63) is 35.9 Å². The van der Waals surface area contributed by atoms with E-state index >= 15 is 0 Å². The van der Waals surface area contributed by atoms with Gasteiger partial charge in [-0.05, 0) is 17.8 Å². The molecule has 0 atom stereocenters. The van der Waals surface area contributed by atoms with E-state index in [1.807, 2.05) is 18.2 Å². The number of nitrogens with two attached hydrogens (primary N) is 1. The summed E-state index contributed by atoms with van der Waals surface area (Å²) in [6.45, 7) is 1.42. The van der Waals surface area contributed by atoms with Gasteiger partial charge in [-0.2, -0.15) is 0 Å². The number of nitrogens with one attached hydrogen (secondary N) is 2. The highest BCUT2D eigenvalue weighted by Crippen LogP contribution is 1.96. The van der Waals surface area contributed by atoms with Crippen LogP contribution in [0.1, 0.15) is 5.56 Å². The van der Waals surface area contributed by atoms with Crippen LogP contribution in [-0.4, -0.2) is 11.8 Å². The van der Waals surface area contributed by atoms with E-state index in [9.17, 15) is 0 Å². The van der Waals surface area contributed by atoms with Crippen LogP contribution in [0.5, 0.6) is 0 Å². The standard InChI is InChI=1S/C9H13N3S/c10-9(13)12-7-11-6-8-4-2-1-3-5-8/h1-5,11H,6-7H2,(H3,10,12,13). The van der Waals surface area contributed by atoms with Crippen LogP contribution in [0.4, 0.5) is 0 Å². The summed E-state index contributed by atoms with van der Waals surface area (Å²) in [5.41, 5.74) is 6.50. The average molecular weight is 195 g/mol. The molecule has 0 aliphatic heterocycles. The van der Waals surface area contributed by atoms with Gasteiger partial charge in [-0.1, -0.05) is 30.3 Å². The van der Waals surface area contributed by atoms with Crippen LogP contribution >= 0.6 is 12.2 Å². The molecule has 1 aromatic carbocycles. The van der Waals surface area contributed by atoms with E-state index in [-0.39, 0.29) is 0 Å². The zero-order chi connectivity index (χ0) is 9.52. The second-order valence-electron chi connectivity index (χ2n) is 2.63. The molecule has 0 saturated carbocycles. The van der Waals surface area contributed by atoms with Gasteiger partial charge < -0.3 is 11.1 Å². The van der Waals surface area contributed by atoms with E-state index in [0.29, 0.717) is 11.8 Å². The minimum atomic E-state index is 0.320. The summed E-state index contributed by atoms with van der Waals surface area (Å²) in [6.07, 6.45) is 0. The highest BCUT2D eigenvalue weighted by molar-refractivity contribution is 7.80. The molecule has 70 valence electrons. The minimum absolute atomic E-state index is 0.320. The van der Waals surface area contributed by atoms with Crippen molar-refractivity contribution >= 4 is 17.3 Å². The van der Waals surface area contributed by atoms with Gasteiger partial charge in [0.15, 0.2) is 5.11 Å². The predicted octanol–water partition coefficient (Wildman–Crippen LogP) is 0.567. The Morgan fingerprint density at radius 2 is 2.00 bits per heavy atom. The first kappa shape index (κ1) is 9.95. The number of thiocarbonyl (C=S) groups is 1. The van der Waals surface area contributed by atoms with Gasteiger partial charge in [-0.25, -0.2) is 0 Å². The molecule has 0 radical (unpaired) electrons. The number of hydrogen-bond donors (Lipinski definition) is 3. The fourth-order valence-electron chi connectivity index (χ4n) is 0.952. The Morgan fingerprint density at radius 1 is 1.31 bits per heavy atom. The van der Waals surface area contributed by atoms with Crippen molar-refractivity contribution in [2.24, 2.45) is 5.73 Å². The van der Waals surface area contributed by atoms with Crippen LogP contribution in [0, 0.1) is 0 Å². The van der Waals surface area contributed by atoms with Gasteiger partial charge in [0, 0.05) is 6.54 Å². The Labute approximate surface area is 83.3 Å². The van der Waals surface area contributed by atoms with Crippen molar-refractivity contribution in [1.82, 2.24) is 10.6 Å². The first-order valence-electron chi connectivity index (χ1n) is 4.07. The molecular formula is C9H13N3S. The molecule has 13 heavy (non-hydrogen) atoms. The number of rotatable bonds is 4. The largest absolute Gasteiger partial charge is 0.376 e. The third kappa shape index (κ3) is 4.45. The quantitative estimate of drug-likeness (QED) is 0.373. The fourth-order valence-corrected chi connectivity index (χ4v) is 1.02. The fraction of sp³-hybridized carbons (Fsp3) is 0.222. The maximum atomic E-state index is 5.25. The summed E-state index contributed by atoms with van der Waals surface area (Å²) in [5.74, 6) is 0. The van der Waals surface area contributed by atoms with E-state index in [0.717, 1.165) is 6.54 Å². The van der Waals surface area contributed by atoms with Gasteiger partial charge in [0.1, 0.15) is 0 Å². The van der Waals surface area contributed by atoms with E-state index in [2.05, 4.69) is 35.0 Å².